The van der Waals surface area contributed by atoms with E-state index in [4.69, 9.17) is 5.73 Å². The number of nitrogens with two attached hydrogens (primary N) is 1. The van der Waals surface area contributed by atoms with E-state index >= 15 is 0 Å². The Kier molecular flexibility index (Phi) is 3.26. The molecule has 0 fully saturated rings. The van der Waals surface area contributed by atoms with Crippen LogP contribution in [0.15, 0.2) is 47.8 Å². The first-order valence-electron chi connectivity index (χ1n) is 5.79. The van der Waals surface area contributed by atoms with Crippen LogP contribution in [0.4, 0.5) is 5.69 Å². The minimum Gasteiger partial charge on any atom is -0.399 e. The molecule has 7 heteroatoms. The summed E-state index contributed by atoms with van der Waals surface area (Å²) in [5.41, 5.74) is 8.16. The Hall–Kier alpha value is -2.16. The summed E-state index contributed by atoms with van der Waals surface area (Å²) in [5, 5.41) is 4.25. The van der Waals surface area contributed by atoms with Gasteiger partial charge in [-0.2, -0.15) is 5.10 Å². The summed E-state index contributed by atoms with van der Waals surface area (Å²) in [6.45, 7) is 0. The van der Waals surface area contributed by atoms with Crippen molar-refractivity contribution in [2.75, 3.05) is 5.73 Å². The quantitative estimate of drug-likeness (QED) is 0.525. The molecule has 0 saturated carbocycles. The Morgan fingerprint density at radius 2 is 2.15 bits per heavy atom. The summed E-state index contributed by atoms with van der Waals surface area (Å²) in [7, 11) is 0. The second-order valence-corrected chi connectivity index (χ2v) is 5.25. The summed E-state index contributed by atoms with van der Waals surface area (Å²) in [5.74, 6) is 0.504. The number of H-pyrrole nitrogens is 1. The molecule has 0 radical (unpaired) electrons. The van der Waals surface area contributed by atoms with Gasteiger partial charge in [-0.05, 0) is 40.3 Å². The molecule has 0 amide bonds. The van der Waals surface area contributed by atoms with Gasteiger partial charge in [-0.3, -0.25) is 4.79 Å². The Bertz CT molecular complexity index is 823. The van der Waals surface area contributed by atoms with E-state index in [2.05, 4.69) is 15.1 Å². The van der Waals surface area contributed by atoms with E-state index in [1.165, 1.54) is 6.33 Å². The largest absolute Gasteiger partial charge is 0.399 e. The van der Waals surface area contributed by atoms with Crippen molar-refractivity contribution in [3.05, 3.63) is 56.9 Å². The molecule has 0 aliphatic rings. The van der Waals surface area contributed by atoms with Gasteiger partial charge in [0.15, 0.2) is 5.82 Å². The Labute approximate surface area is 127 Å². The lowest BCUT2D eigenvalue weighted by Crippen LogP contribution is -2.15. The van der Waals surface area contributed by atoms with E-state index in [-0.39, 0.29) is 5.56 Å². The van der Waals surface area contributed by atoms with Crippen LogP contribution in [0.25, 0.3) is 16.9 Å². The number of benzene rings is 1. The predicted octanol–water partition coefficient (Wildman–Crippen LogP) is 1.81. The third kappa shape index (κ3) is 2.31. The van der Waals surface area contributed by atoms with Crippen molar-refractivity contribution in [3.63, 3.8) is 0 Å². The van der Waals surface area contributed by atoms with Crippen molar-refractivity contribution in [2.45, 2.75) is 0 Å². The molecular formula is C13H10IN5O. The zero-order valence-electron chi connectivity index (χ0n) is 10.2. The molecule has 3 N–H and O–H groups in total. The third-order valence-electron chi connectivity index (χ3n) is 2.80. The van der Waals surface area contributed by atoms with Gasteiger partial charge in [0.1, 0.15) is 3.57 Å². The molecule has 2 aromatic heterocycles. The average molecular weight is 379 g/mol. The van der Waals surface area contributed by atoms with Crippen molar-refractivity contribution >= 4 is 28.3 Å². The number of nitrogens with one attached hydrogen (secondary N) is 1. The van der Waals surface area contributed by atoms with Crippen molar-refractivity contribution in [2.24, 2.45) is 0 Å². The van der Waals surface area contributed by atoms with Crippen LogP contribution in [0, 0.1) is 3.57 Å². The molecule has 2 heterocycles. The summed E-state index contributed by atoms with van der Waals surface area (Å²) in [6.07, 6.45) is 4.90. The highest BCUT2D eigenvalue weighted by molar-refractivity contribution is 14.1. The van der Waals surface area contributed by atoms with Gasteiger partial charge in [-0.15, -0.1) is 0 Å². The maximum absolute atomic E-state index is 11.6. The second-order valence-electron chi connectivity index (χ2n) is 4.17. The highest BCUT2D eigenvalue weighted by Gasteiger charge is 2.10. The molecule has 0 saturated heterocycles. The lowest BCUT2D eigenvalue weighted by atomic mass is 10.1. The van der Waals surface area contributed by atoms with Gasteiger partial charge < -0.3 is 10.7 Å². The molecule has 0 aliphatic heterocycles. The fourth-order valence-corrected chi connectivity index (χ4v) is 2.38. The molecule has 3 rings (SSSR count). The minimum absolute atomic E-state index is 0.184. The topological polar surface area (TPSA) is 89.6 Å². The fraction of sp³-hybridized carbons (Fsp3) is 0. The van der Waals surface area contributed by atoms with Crippen LogP contribution < -0.4 is 11.3 Å². The van der Waals surface area contributed by atoms with Gasteiger partial charge in [-0.25, -0.2) is 9.67 Å². The van der Waals surface area contributed by atoms with Crippen molar-refractivity contribution in [1.82, 2.24) is 19.7 Å². The van der Waals surface area contributed by atoms with Crippen LogP contribution >= 0.6 is 22.6 Å². The smallest absolute Gasteiger partial charge is 0.266 e. The number of hydrogen-bond donors (Lipinski definition) is 2. The number of hydrogen-bond acceptors (Lipinski definition) is 4. The zero-order valence-corrected chi connectivity index (χ0v) is 12.4. The standard InChI is InChI=1S/C13H10IN5O/c14-11-12(16-7-17-13(11)20)19-6-9(5-18-19)8-2-1-3-10(15)4-8/h1-7H,15H2,(H,16,17,20). The number of anilines is 1. The average Bonchev–Trinajstić information content (AvgIpc) is 2.91. The molecule has 20 heavy (non-hydrogen) atoms. The van der Waals surface area contributed by atoms with Crippen LogP contribution in [0.1, 0.15) is 0 Å². The number of aromatic nitrogens is 4. The van der Waals surface area contributed by atoms with Crippen LogP contribution in [0.2, 0.25) is 0 Å². The lowest BCUT2D eigenvalue weighted by molar-refractivity contribution is 0.827. The normalized spacial score (nSPS) is 10.7. The number of nitrogen functional groups attached to an aromatic ring is 1. The first kappa shape index (κ1) is 12.9. The molecule has 0 aliphatic carbocycles. The van der Waals surface area contributed by atoms with E-state index in [1.54, 1.807) is 10.9 Å². The maximum Gasteiger partial charge on any atom is 0.266 e. The van der Waals surface area contributed by atoms with Crippen LogP contribution in [0.3, 0.4) is 0 Å². The van der Waals surface area contributed by atoms with E-state index in [9.17, 15) is 4.79 Å². The molecule has 1 aromatic carbocycles. The number of halogens is 1. The van der Waals surface area contributed by atoms with Gasteiger partial charge in [0.25, 0.3) is 5.56 Å². The van der Waals surface area contributed by atoms with Gasteiger partial charge >= 0.3 is 0 Å². The van der Waals surface area contributed by atoms with Gasteiger partial charge in [-0.1, -0.05) is 12.1 Å². The fourth-order valence-electron chi connectivity index (χ4n) is 1.84. The number of nitrogens with zero attached hydrogens (tertiary/aromatic N) is 3. The molecular weight excluding hydrogens is 369 g/mol. The maximum atomic E-state index is 11.6. The van der Waals surface area contributed by atoms with Gasteiger partial charge in [0.2, 0.25) is 0 Å². The Balaban J connectivity index is 2.07. The Morgan fingerprint density at radius 3 is 2.95 bits per heavy atom. The minimum atomic E-state index is -0.184. The summed E-state index contributed by atoms with van der Waals surface area (Å²) in [4.78, 5) is 18.2. The van der Waals surface area contributed by atoms with E-state index in [0.29, 0.717) is 15.1 Å². The van der Waals surface area contributed by atoms with E-state index in [0.717, 1.165) is 11.1 Å². The molecule has 0 bridgehead atoms. The molecule has 0 unspecified atom stereocenters. The lowest BCUT2D eigenvalue weighted by Gasteiger charge is -2.01. The third-order valence-corrected chi connectivity index (χ3v) is 3.77. The number of aromatic amines is 1. The van der Waals surface area contributed by atoms with Crippen LogP contribution in [-0.2, 0) is 0 Å². The van der Waals surface area contributed by atoms with Crippen molar-refractivity contribution < 1.29 is 0 Å². The molecule has 100 valence electrons. The van der Waals surface area contributed by atoms with Crippen molar-refractivity contribution in [3.8, 4) is 16.9 Å². The molecule has 6 nitrogen and oxygen atoms in total. The highest BCUT2D eigenvalue weighted by Crippen LogP contribution is 2.22. The van der Waals surface area contributed by atoms with Crippen LogP contribution in [0.5, 0.6) is 0 Å². The van der Waals surface area contributed by atoms with E-state index in [1.807, 2.05) is 53.1 Å². The molecule has 3 aromatic rings. The van der Waals surface area contributed by atoms with Crippen LogP contribution in [-0.4, -0.2) is 19.7 Å². The van der Waals surface area contributed by atoms with E-state index < -0.39 is 0 Å². The van der Waals surface area contributed by atoms with Gasteiger partial charge in [0.05, 0.1) is 12.5 Å². The SMILES string of the molecule is Nc1cccc(-c2cnn(-c3nc[nH]c(=O)c3I)c2)c1. The number of rotatable bonds is 2. The summed E-state index contributed by atoms with van der Waals surface area (Å²) >= 11 is 1.95. The first-order valence-corrected chi connectivity index (χ1v) is 6.87. The molecule has 0 spiro atoms. The second kappa shape index (κ2) is 5.08. The molecule has 0 atom stereocenters. The zero-order chi connectivity index (χ0) is 14.1. The summed E-state index contributed by atoms with van der Waals surface area (Å²) < 4.78 is 2.07. The van der Waals surface area contributed by atoms with Crippen molar-refractivity contribution in [1.29, 1.82) is 0 Å². The summed E-state index contributed by atoms with van der Waals surface area (Å²) in [6, 6.07) is 7.54. The first-order chi connectivity index (χ1) is 9.65. The monoisotopic (exact) mass is 379 g/mol. The predicted molar refractivity (Wildman–Crippen MR) is 84.5 cm³/mol. The van der Waals surface area contributed by atoms with Gasteiger partial charge in [0, 0.05) is 17.4 Å². The Morgan fingerprint density at radius 1 is 1.30 bits per heavy atom. The highest BCUT2D eigenvalue weighted by atomic mass is 127.